The van der Waals surface area contributed by atoms with Crippen LogP contribution < -0.4 is 10.5 Å². The molecule has 2 heterocycles. The molecule has 0 fully saturated rings. The summed E-state index contributed by atoms with van der Waals surface area (Å²) in [6, 6.07) is 7.88. The summed E-state index contributed by atoms with van der Waals surface area (Å²) < 4.78 is 7.30. The van der Waals surface area contributed by atoms with Crippen LogP contribution >= 0.6 is 11.3 Å². The summed E-state index contributed by atoms with van der Waals surface area (Å²) in [6.45, 7) is 0. The number of nitrogen functional groups attached to an aromatic ring is 1. The van der Waals surface area contributed by atoms with Crippen LogP contribution in [0.4, 0.5) is 5.82 Å². The number of aromatic nitrogens is 2. The summed E-state index contributed by atoms with van der Waals surface area (Å²) in [5.41, 5.74) is 7.95. The normalized spacial score (nSPS) is 10.9. The molecular weight excluding hydrogens is 234 g/mol. The van der Waals surface area contributed by atoms with Crippen LogP contribution in [0, 0.1) is 0 Å². The molecule has 0 atom stereocenters. The summed E-state index contributed by atoms with van der Waals surface area (Å²) in [5.74, 6) is 1.47. The van der Waals surface area contributed by atoms with Gasteiger partial charge in [0.25, 0.3) is 0 Å². The summed E-state index contributed by atoms with van der Waals surface area (Å²) in [4.78, 5) is 5.13. The predicted octanol–water partition coefficient (Wildman–Crippen LogP) is 2.65. The van der Waals surface area contributed by atoms with Gasteiger partial charge in [0.1, 0.15) is 11.6 Å². The number of para-hydroxylation sites is 1. The van der Waals surface area contributed by atoms with Gasteiger partial charge < -0.3 is 10.5 Å². The van der Waals surface area contributed by atoms with Crippen molar-refractivity contribution in [2.45, 2.75) is 0 Å². The van der Waals surface area contributed by atoms with Crippen molar-refractivity contribution in [3.8, 4) is 17.0 Å². The molecule has 0 radical (unpaired) electrons. The van der Waals surface area contributed by atoms with Crippen LogP contribution in [0.5, 0.6) is 5.75 Å². The van der Waals surface area contributed by atoms with E-state index in [0.29, 0.717) is 5.82 Å². The van der Waals surface area contributed by atoms with Gasteiger partial charge in [-0.05, 0) is 12.1 Å². The molecule has 0 aliphatic heterocycles. The number of nitrogens with zero attached hydrogens (tertiary/aromatic N) is 2. The molecule has 3 aromatic rings. The van der Waals surface area contributed by atoms with Crippen molar-refractivity contribution in [2.75, 3.05) is 12.8 Å². The average molecular weight is 245 g/mol. The Morgan fingerprint density at radius 2 is 2.18 bits per heavy atom. The fourth-order valence-corrected chi connectivity index (χ4v) is 2.75. The van der Waals surface area contributed by atoms with Gasteiger partial charge in [0, 0.05) is 10.9 Å². The zero-order valence-corrected chi connectivity index (χ0v) is 10.1. The number of nitrogens with two attached hydrogens (primary N) is 1. The second kappa shape index (κ2) is 3.78. The standard InChI is InChI=1S/C12H11N3OS/c1-16-10-5-3-2-4-8(10)9-7-17-12-14-6-11(13)15(9)12/h2-7H,13H2,1H3. The minimum atomic E-state index is 0.641. The van der Waals surface area contributed by atoms with Gasteiger partial charge >= 0.3 is 0 Å². The first-order valence-electron chi connectivity index (χ1n) is 5.15. The molecule has 17 heavy (non-hydrogen) atoms. The minimum absolute atomic E-state index is 0.641. The highest BCUT2D eigenvalue weighted by Crippen LogP contribution is 2.33. The molecule has 1 aromatic carbocycles. The predicted molar refractivity (Wildman–Crippen MR) is 69.5 cm³/mol. The molecule has 0 amide bonds. The highest BCUT2D eigenvalue weighted by molar-refractivity contribution is 7.15. The Morgan fingerprint density at radius 3 is 3.00 bits per heavy atom. The Bertz CT molecular complexity index is 671. The number of hydrogen-bond donors (Lipinski definition) is 1. The maximum absolute atomic E-state index is 5.92. The highest BCUT2D eigenvalue weighted by Gasteiger charge is 2.12. The van der Waals surface area contributed by atoms with E-state index in [1.807, 2.05) is 34.0 Å². The molecule has 0 aliphatic rings. The highest BCUT2D eigenvalue weighted by atomic mass is 32.1. The molecule has 0 spiro atoms. The minimum Gasteiger partial charge on any atom is -0.496 e. The number of methoxy groups -OCH3 is 1. The van der Waals surface area contributed by atoms with Crippen LogP contribution in [0.2, 0.25) is 0 Å². The van der Waals surface area contributed by atoms with Crippen LogP contribution in [0.15, 0.2) is 35.8 Å². The number of fused-ring (bicyclic) bond motifs is 1. The second-order valence-electron chi connectivity index (χ2n) is 3.62. The average Bonchev–Trinajstić information content (AvgIpc) is 2.93. The van der Waals surface area contributed by atoms with E-state index in [9.17, 15) is 0 Å². The van der Waals surface area contributed by atoms with E-state index in [1.165, 1.54) is 0 Å². The van der Waals surface area contributed by atoms with E-state index in [4.69, 9.17) is 10.5 Å². The SMILES string of the molecule is COc1ccccc1-c1csc2ncc(N)n12. The lowest BCUT2D eigenvalue weighted by Gasteiger charge is -2.07. The molecule has 0 aliphatic carbocycles. The molecule has 0 bridgehead atoms. The number of thiazole rings is 1. The summed E-state index contributed by atoms with van der Waals surface area (Å²) in [6.07, 6.45) is 1.67. The lowest BCUT2D eigenvalue weighted by Crippen LogP contribution is -1.94. The van der Waals surface area contributed by atoms with Gasteiger partial charge in [-0.25, -0.2) is 4.98 Å². The van der Waals surface area contributed by atoms with Crippen LogP contribution in [0.1, 0.15) is 0 Å². The quantitative estimate of drug-likeness (QED) is 0.755. The third kappa shape index (κ3) is 1.47. The molecule has 2 aromatic heterocycles. The molecule has 86 valence electrons. The molecule has 5 heteroatoms. The van der Waals surface area contributed by atoms with Crippen LogP contribution in [0.3, 0.4) is 0 Å². The number of anilines is 1. The Hall–Kier alpha value is -2.01. The van der Waals surface area contributed by atoms with Crippen molar-refractivity contribution >= 4 is 22.1 Å². The van der Waals surface area contributed by atoms with Crippen LogP contribution in [-0.4, -0.2) is 16.5 Å². The summed E-state index contributed by atoms with van der Waals surface area (Å²) >= 11 is 1.57. The molecular formula is C12H11N3OS. The van der Waals surface area contributed by atoms with Gasteiger partial charge in [0.05, 0.1) is 19.0 Å². The van der Waals surface area contributed by atoms with Gasteiger partial charge in [0.15, 0.2) is 4.96 Å². The van der Waals surface area contributed by atoms with E-state index < -0.39 is 0 Å². The van der Waals surface area contributed by atoms with Crippen molar-refractivity contribution < 1.29 is 4.74 Å². The molecule has 0 saturated carbocycles. The van der Waals surface area contributed by atoms with Crippen molar-refractivity contribution in [1.82, 2.24) is 9.38 Å². The number of imidazole rings is 1. The van der Waals surface area contributed by atoms with Crippen molar-refractivity contribution in [2.24, 2.45) is 0 Å². The zero-order chi connectivity index (χ0) is 11.8. The lowest BCUT2D eigenvalue weighted by molar-refractivity contribution is 0.416. The summed E-state index contributed by atoms with van der Waals surface area (Å²) in [5, 5.41) is 2.04. The van der Waals surface area contributed by atoms with E-state index >= 15 is 0 Å². The molecule has 0 saturated heterocycles. The zero-order valence-electron chi connectivity index (χ0n) is 9.25. The Kier molecular flexibility index (Phi) is 2.26. The first-order chi connectivity index (χ1) is 8.31. The van der Waals surface area contributed by atoms with Crippen LogP contribution in [0.25, 0.3) is 16.2 Å². The smallest absolute Gasteiger partial charge is 0.195 e. The van der Waals surface area contributed by atoms with Crippen molar-refractivity contribution in [3.63, 3.8) is 0 Å². The number of hydrogen-bond acceptors (Lipinski definition) is 4. The topological polar surface area (TPSA) is 52.5 Å². The lowest BCUT2D eigenvalue weighted by atomic mass is 10.1. The summed E-state index contributed by atoms with van der Waals surface area (Å²) in [7, 11) is 1.67. The number of rotatable bonds is 2. The first kappa shape index (κ1) is 10.2. The van der Waals surface area contributed by atoms with E-state index in [2.05, 4.69) is 4.98 Å². The third-order valence-electron chi connectivity index (χ3n) is 2.66. The molecule has 4 nitrogen and oxygen atoms in total. The van der Waals surface area contributed by atoms with Gasteiger partial charge in [-0.2, -0.15) is 0 Å². The van der Waals surface area contributed by atoms with E-state index in [-0.39, 0.29) is 0 Å². The molecule has 3 rings (SSSR count). The van der Waals surface area contributed by atoms with Gasteiger partial charge in [0.2, 0.25) is 0 Å². The number of benzene rings is 1. The largest absolute Gasteiger partial charge is 0.496 e. The van der Waals surface area contributed by atoms with E-state index in [1.54, 1.807) is 24.6 Å². The second-order valence-corrected chi connectivity index (χ2v) is 4.46. The fraction of sp³-hybridized carbons (Fsp3) is 0.0833. The Morgan fingerprint density at radius 1 is 1.35 bits per heavy atom. The van der Waals surface area contributed by atoms with Gasteiger partial charge in [-0.15, -0.1) is 11.3 Å². The molecule has 2 N–H and O–H groups in total. The Labute approximate surface area is 102 Å². The first-order valence-corrected chi connectivity index (χ1v) is 6.03. The van der Waals surface area contributed by atoms with Crippen LogP contribution in [-0.2, 0) is 0 Å². The monoisotopic (exact) mass is 245 g/mol. The number of ether oxygens (including phenoxy) is 1. The van der Waals surface area contributed by atoms with Crippen molar-refractivity contribution in [3.05, 3.63) is 35.8 Å². The Balaban J connectivity index is 2.30. The fourth-order valence-electron chi connectivity index (χ4n) is 1.87. The van der Waals surface area contributed by atoms with Crippen molar-refractivity contribution in [1.29, 1.82) is 0 Å². The van der Waals surface area contributed by atoms with Gasteiger partial charge in [-0.1, -0.05) is 12.1 Å². The van der Waals surface area contributed by atoms with Gasteiger partial charge in [-0.3, -0.25) is 4.40 Å². The maximum Gasteiger partial charge on any atom is 0.195 e. The third-order valence-corrected chi connectivity index (χ3v) is 3.50. The van der Waals surface area contributed by atoms with E-state index in [0.717, 1.165) is 22.0 Å². The maximum atomic E-state index is 5.92. The molecule has 0 unspecified atom stereocenters.